The SMILES string of the molecule is C=C(/N=C(/C)Nc1ccc(-c2cccc(S(C)(=O)=O)c2)cc1C)NCCC(=NC(=C)C(C)C)OC.CCCO. The minimum atomic E-state index is -3.26. The molecule has 0 unspecified atom stereocenters. The van der Waals surface area contributed by atoms with Gasteiger partial charge in [0.05, 0.1) is 12.0 Å². The maximum absolute atomic E-state index is 11.9. The third-order valence-corrected chi connectivity index (χ3v) is 6.61. The highest BCUT2D eigenvalue weighted by atomic mass is 32.2. The number of anilines is 1. The largest absolute Gasteiger partial charge is 0.484 e. The first kappa shape index (κ1) is 33.6. The van der Waals surface area contributed by atoms with Crippen LogP contribution in [0.5, 0.6) is 0 Å². The number of nitrogens with one attached hydrogen (secondary N) is 2. The van der Waals surface area contributed by atoms with E-state index in [1.54, 1.807) is 25.3 Å². The fourth-order valence-corrected chi connectivity index (χ4v) is 3.83. The standard InChI is InChI=1S/C27H36N4O3S.C3H8O/c1-18(2)20(4)29-27(34-7)14-15-28-21(5)30-22(6)31-26-13-12-24(16-19(26)3)23-10-9-11-25(17-23)35(8,32)33;1-2-3-4/h9-13,16-18,28H,4-5,14-15H2,1-3,6-8H3,(H,30,31);4H,2-3H2,1H3. The number of rotatable bonds is 11. The molecule has 0 aliphatic carbocycles. The van der Waals surface area contributed by atoms with Crippen LogP contribution in [0.15, 0.2) is 82.0 Å². The van der Waals surface area contributed by atoms with Gasteiger partial charge in [-0.3, -0.25) is 0 Å². The summed E-state index contributed by atoms with van der Waals surface area (Å²) in [5.74, 6) is 2.09. The maximum atomic E-state index is 11.9. The first-order chi connectivity index (χ1) is 18.3. The molecule has 0 aliphatic rings. The average molecular weight is 557 g/mol. The van der Waals surface area contributed by atoms with Crippen LogP contribution < -0.4 is 10.6 Å². The van der Waals surface area contributed by atoms with Crippen molar-refractivity contribution in [3.63, 3.8) is 0 Å². The van der Waals surface area contributed by atoms with Gasteiger partial charge in [0.2, 0.25) is 0 Å². The third kappa shape index (κ3) is 12.3. The number of benzene rings is 2. The van der Waals surface area contributed by atoms with Crippen molar-refractivity contribution in [2.45, 2.75) is 52.4 Å². The number of aliphatic hydroxyl groups excluding tert-OH is 1. The summed E-state index contributed by atoms with van der Waals surface area (Å²) >= 11 is 0. The first-order valence-corrected chi connectivity index (χ1v) is 14.8. The van der Waals surface area contributed by atoms with E-state index >= 15 is 0 Å². The number of methoxy groups -OCH3 is 1. The highest BCUT2D eigenvalue weighted by Crippen LogP contribution is 2.27. The molecule has 2 aromatic rings. The normalized spacial score (nSPS) is 11.9. The Balaban J connectivity index is 0.00000177. The van der Waals surface area contributed by atoms with Crippen molar-refractivity contribution in [3.05, 3.63) is 72.7 Å². The Bertz CT molecular complexity index is 1280. The fourth-order valence-electron chi connectivity index (χ4n) is 3.16. The van der Waals surface area contributed by atoms with Crippen molar-refractivity contribution in [2.24, 2.45) is 15.9 Å². The van der Waals surface area contributed by atoms with E-state index in [0.717, 1.165) is 34.5 Å². The number of allylic oxidation sites excluding steroid dienone is 1. The lowest BCUT2D eigenvalue weighted by Gasteiger charge is -2.13. The van der Waals surface area contributed by atoms with Gasteiger partial charge in [0.15, 0.2) is 15.7 Å². The van der Waals surface area contributed by atoms with Gasteiger partial charge in [0, 0.05) is 37.2 Å². The predicted octanol–water partition coefficient (Wildman–Crippen LogP) is 5.95. The van der Waals surface area contributed by atoms with E-state index in [9.17, 15) is 8.42 Å². The number of aliphatic imine (C=N–C) groups is 2. The van der Waals surface area contributed by atoms with Gasteiger partial charge in [-0.2, -0.15) is 0 Å². The van der Waals surface area contributed by atoms with Crippen LogP contribution in [0.3, 0.4) is 0 Å². The van der Waals surface area contributed by atoms with Crippen LogP contribution in [0.1, 0.15) is 46.1 Å². The van der Waals surface area contributed by atoms with Gasteiger partial charge < -0.3 is 20.5 Å². The number of nitrogens with zero attached hydrogens (tertiary/aromatic N) is 2. The van der Waals surface area contributed by atoms with E-state index in [-0.39, 0.29) is 5.92 Å². The highest BCUT2D eigenvalue weighted by Gasteiger charge is 2.10. The van der Waals surface area contributed by atoms with E-state index < -0.39 is 9.84 Å². The van der Waals surface area contributed by atoms with E-state index in [1.807, 2.05) is 58.9 Å². The van der Waals surface area contributed by atoms with Gasteiger partial charge in [-0.15, -0.1) is 0 Å². The van der Waals surface area contributed by atoms with Crippen LogP contribution in [0, 0.1) is 12.8 Å². The summed E-state index contributed by atoms with van der Waals surface area (Å²) in [7, 11) is -1.66. The van der Waals surface area contributed by atoms with Crippen LogP contribution in [0.2, 0.25) is 0 Å². The summed E-state index contributed by atoms with van der Waals surface area (Å²) in [5, 5.41) is 14.3. The fraction of sp³-hybridized carbons (Fsp3) is 0.400. The van der Waals surface area contributed by atoms with Gasteiger partial charge in [0.25, 0.3) is 0 Å². The van der Waals surface area contributed by atoms with Gasteiger partial charge in [-0.1, -0.05) is 52.1 Å². The number of aliphatic hydroxyl groups is 1. The molecule has 9 heteroatoms. The number of aryl methyl sites for hydroxylation is 1. The van der Waals surface area contributed by atoms with Crippen molar-refractivity contribution in [1.82, 2.24) is 5.32 Å². The number of amidine groups is 1. The van der Waals surface area contributed by atoms with Crippen molar-refractivity contribution < 1.29 is 18.3 Å². The van der Waals surface area contributed by atoms with E-state index in [1.165, 1.54) is 6.26 Å². The van der Waals surface area contributed by atoms with Gasteiger partial charge in [0.1, 0.15) is 11.7 Å². The summed E-state index contributed by atoms with van der Waals surface area (Å²) in [5.41, 5.74) is 4.48. The molecule has 0 saturated carbocycles. The molecule has 2 aromatic carbocycles. The lowest BCUT2D eigenvalue weighted by atomic mass is 10.0. The van der Waals surface area contributed by atoms with Crippen LogP contribution in [0.25, 0.3) is 11.1 Å². The number of hydrogen-bond donors (Lipinski definition) is 3. The summed E-state index contributed by atoms with van der Waals surface area (Å²) < 4.78 is 29.1. The minimum absolute atomic E-state index is 0.261. The smallest absolute Gasteiger partial charge is 0.189 e. The summed E-state index contributed by atoms with van der Waals surface area (Å²) in [6, 6.07) is 12.9. The lowest BCUT2D eigenvalue weighted by molar-refractivity contribution is 0.295. The van der Waals surface area contributed by atoms with Gasteiger partial charge in [-0.25, -0.2) is 18.4 Å². The second kappa shape index (κ2) is 16.5. The lowest BCUT2D eigenvalue weighted by Crippen LogP contribution is -2.19. The Kier molecular flexibility index (Phi) is 14.2. The molecule has 8 nitrogen and oxygen atoms in total. The Morgan fingerprint density at radius 3 is 2.28 bits per heavy atom. The first-order valence-electron chi connectivity index (χ1n) is 12.9. The second-order valence-electron chi connectivity index (χ2n) is 9.35. The zero-order valence-electron chi connectivity index (χ0n) is 24.3. The molecule has 0 aliphatic heterocycles. The third-order valence-electron chi connectivity index (χ3n) is 5.50. The predicted molar refractivity (Wildman–Crippen MR) is 164 cm³/mol. The molecule has 0 saturated heterocycles. The summed E-state index contributed by atoms with van der Waals surface area (Å²) in [4.78, 5) is 9.20. The van der Waals surface area contributed by atoms with Crippen LogP contribution in [-0.4, -0.2) is 51.8 Å². The molecule has 39 heavy (non-hydrogen) atoms. The summed E-state index contributed by atoms with van der Waals surface area (Å²) in [6.45, 7) is 18.7. The molecule has 0 aromatic heterocycles. The van der Waals surface area contributed by atoms with Crippen molar-refractivity contribution in [2.75, 3.05) is 31.8 Å². The van der Waals surface area contributed by atoms with Crippen molar-refractivity contribution >= 4 is 27.3 Å². The van der Waals surface area contributed by atoms with Gasteiger partial charge in [-0.05, 0) is 67.1 Å². The monoisotopic (exact) mass is 556 g/mol. The van der Waals surface area contributed by atoms with Crippen LogP contribution >= 0.6 is 0 Å². The number of sulfone groups is 1. The number of hydrogen-bond acceptors (Lipinski definition) is 7. The highest BCUT2D eigenvalue weighted by molar-refractivity contribution is 7.90. The molecule has 2 rings (SSSR count). The van der Waals surface area contributed by atoms with Gasteiger partial charge >= 0.3 is 0 Å². The quantitative estimate of drug-likeness (QED) is 0.233. The van der Waals surface area contributed by atoms with Crippen molar-refractivity contribution in [3.8, 4) is 11.1 Å². The molecule has 3 N–H and O–H groups in total. The average Bonchev–Trinajstić information content (AvgIpc) is 2.88. The Hall–Kier alpha value is -3.43. The van der Waals surface area contributed by atoms with E-state index in [2.05, 4.69) is 33.8 Å². The Morgan fingerprint density at radius 2 is 1.74 bits per heavy atom. The molecule has 0 atom stereocenters. The van der Waals surface area contributed by atoms with Crippen LogP contribution in [0.4, 0.5) is 5.69 Å². The summed E-state index contributed by atoms with van der Waals surface area (Å²) in [6.07, 6.45) is 2.67. The minimum Gasteiger partial charge on any atom is -0.484 e. The molecular formula is C30H44N4O4S. The molecule has 0 amide bonds. The zero-order chi connectivity index (χ0) is 29.6. The molecule has 0 spiro atoms. The second-order valence-corrected chi connectivity index (χ2v) is 11.4. The van der Waals surface area contributed by atoms with Crippen molar-refractivity contribution in [1.29, 1.82) is 0 Å². The molecule has 0 radical (unpaired) electrons. The van der Waals surface area contributed by atoms with E-state index in [0.29, 0.717) is 42.0 Å². The van der Waals surface area contributed by atoms with E-state index in [4.69, 9.17) is 9.84 Å². The topological polar surface area (TPSA) is 112 Å². The van der Waals surface area contributed by atoms with Crippen LogP contribution in [-0.2, 0) is 14.6 Å². The Labute approximate surface area is 234 Å². The molecule has 0 fully saturated rings. The Morgan fingerprint density at radius 1 is 1.10 bits per heavy atom. The molecular weight excluding hydrogens is 512 g/mol. The molecule has 214 valence electrons. The molecule has 0 heterocycles. The zero-order valence-corrected chi connectivity index (χ0v) is 25.2. The number of ether oxygens (including phenoxy) is 1. The molecule has 0 bridgehead atoms. The maximum Gasteiger partial charge on any atom is 0.189 e.